The zero-order valence-corrected chi connectivity index (χ0v) is 15.1. The molecule has 2 N–H and O–H groups in total. The van der Waals surface area contributed by atoms with Gasteiger partial charge in [-0.15, -0.1) is 0 Å². The van der Waals surface area contributed by atoms with Gasteiger partial charge in [-0.1, -0.05) is 26.8 Å². The number of methoxy groups -OCH3 is 2. The molecular formula is C17H30N4O2. The molecule has 0 saturated carbocycles. The first-order valence-corrected chi connectivity index (χ1v) is 7.95. The van der Waals surface area contributed by atoms with Gasteiger partial charge < -0.3 is 20.1 Å². The largest absolute Gasteiger partial charge is 0.481 e. The molecule has 0 spiro atoms. The number of hydrogen-bond donors (Lipinski definition) is 2. The second-order valence-corrected chi connectivity index (χ2v) is 6.34. The van der Waals surface area contributed by atoms with Crippen LogP contribution < -0.4 is 15.4 Å². The Bertz CT molecular complexity index is 498. The second kappa shape index (κ2) is 9.35. The molecular weight excluding hydrogens is 292 g/mol. The highest BCUT2D eigenvalue weighted by atomic mass is 16.5. The third kappa shape index (κ3) is 6.86. The van der Waals surface area contributed by atoms with Gasteiger partial charge in [0.25, 0.3) is 0 Å². The molecule has 0 bridgehead atoms. The quantitative estimate of drug-likeness (QED) is 0.595. The van der Waals surface area contributed by atoms with Gasteiger partial charge in [0.15, 0.2) is 5.96 Å². The van der Waals surface area contributed by atoms with E-state index in [4.69, 9.17) is 9.47 Å². The predicted octanol–water partition coefficient (Wildman–Crippen LogP) is 2.21. The Morgan fingerprint density at radius 2 is 2.00 bits per heavy atom. The topological polar surface area (TPSA) is 67.8 Å². The molecule has 1 aromatic rings. The molecule has 1 heterocycles. The van der Waals surface area contributed by atoms with E-state index in [0.717, 1.165) is 18.2 Å². The number of hydrogen-bond acceptors (Lipinski definition) is 4. The van der Waals surface area contributed by atoms with Crippen molar-refractivity contribution in [2.24, 2.45) is 10.4 Å². The minimum absolute atomic E-state index is 0.0629. The van der Waals surface area contributed by atoms with Gasteiger partial charge >= 0.3 is 0 Å². The summed E-state index contributed by atoms with van der Waals surface area (Å²) in [4.78, 5) is 8.93. The highest BCUT2D eigenvalue weighted by molar-refractivity contribution is 5.79. The van der Waals surface area contributed by atoms with Crippen molar-refractivity contribution in [2.45, 2.75) is 40.3 Å². The number of guanidine groups is 1. The molecule has 6 heteroatoms. The van der Waals surface area contributed by atoms with Gasteiger partial charge in [0.05, 0.1) is 25.5 Å². The van der Waals surface area contributed by atoms with Crippen molar-refractivity contribution in [3.05, 3.63) is 23.9 Å². The molecule has 0 aliphatic heterocycles. The van der Waals surface area contributed by atoms with Crippen LogP contribution in [0.5, 0.6) is 5.88 Å². The van der Waals surface area contributed by atoms with Gasteiger partial charge in [-0.3, -0.25) is 0 Å². The zero-order chi connectivity index (χ0) is 17.3. The first-order chi connectivity index (χ1) is 10.9. The second-order valence-electron chi connectivity index (χ2n) is 6.34. The zero-order valence-electron chi connectivity index (χ0n) is 15.1. The van der Waals surface area contributed by atoms with Crippen LogP contribution in [-0.2, 0) is 11.3 Å². The Morgan fingerprint density at radius 1 is 1.26 bits per heavy atom. The lowest BCUT2D eigenvalue weighted by molar-refractivity contribution is 0.0205. The molecule has 0 amide bonds. The number of ether oxygens (including phenoxy) is 2. The summed E-state index contributed by atoms with van der Waals surface area (Å²) in [5, 5.41) is 6.57. The van der Waals surface area contributed by atoms with Gasteiger partial charge in [0.2, 0.25) is 5.88 Å². The lowest BCUT2D eigenvalue weighted by Crippen LogP contribution is -2.45. The van der Waals surface area contributed by atoms with Crippen LogP contribution in [0.25, 0.3) is 0 Å². The Labute approximate surface area is 139 Å². The van der Waals surface area contributed by atoms with E-state index in [-0.39, 0.29) is 11.5 Å². The maximum atomic E-state index is 5.56. The number of aromatic nitrogens is 1. The summed E-state index contributed by atoms with van der Waals surface area (Å²) >= 11 is 0. The minimum atomic E-state index is 0.0629. The summed E-state index contributed by atoms with van der Waals surface area (Å²) in [6.45, 7) is 10.5. The normalized spacial score (nSPS) is 13.6. The van der Waals surface area contributed by atoms with Crippen molar-refractivity contribution < 1.29 is 9.47 Å². The average Bonchev–Trinajstić information content (AvgIpc) is 2.52. The van der Waals surface area contributed by atoms with Crippen LogP contribution >= 0.6 is 0 Å². The SMILES string of the molecule is CCNC(=NCc1cccc(OC)n1)NCC(OC)C(C)(C)C. The van der Waals surface area contributed by atoms with Gasteiger partial charge in [-0.05, 0) is 18.4 Å². The first kappa shape index (κ1) is 19.2. The summed E-state index contributed by atoms with van der Waals surface area (Å²) in [5.74, 6) is 1.35. The van der Waals surface area contributed by atoms with Crippen molar-refractivity contribution in [1.29, 1.82) is 0 Å². The van der Waals surface area contributed by atoms with Crippen LogP contribution in [0.1, 0.15) is 33.4 Å². The standard InChI is InChI=1S/C17H30N4O2/c1-7-18-16(20-12-14(22-5)17(2,3)4)19-11-13-9-8-10-15(21-13)23-6/h8-10,14H,7,11-12H2,1-6H3,(H2,18,19,20). The van der Waals surface area contributed by atoms with Gasteiger partial charge in [-0.2, -0.15) is 0 Å². The van der Waals surface area contributed by atoms with Crippen LogP contribution in [0, 0.1) is 5.41 Å². The fraction of sp³-hybridized carbons (Fsp3) is 0.647. The van der Waals surface area contributed by atoms with Crippen LogP contribution in [0.4, 0.5) is 0 Å². The molecule has 0 saturated heterocycles. The van der Waals surface area contributed by atoms with Crippen molar-refractivity contribution in [3.8, 4) is 5.88 Å². The summed E-state index contributed by atoms with van der Waals surface area (Å²) in [6.07, 6.45) is 0.0984. The average molecular weight is 322 g/mol. The summed E-state index contributed by atoms with van der Waals surface area (Å²) < 4.78 is 10.7. The summed E-state index contributed by atoms with van der Waals surface area (Å²) in [7, 11) is 3.35. The molecule has 6 nitrogen and oxygen atoms in total. The van der Waals surface area contributed by atoms with Gasteiger partial charge in [-0.25, -0.2) is 9.98 Å². The number of nitrogens with one attached hydrogen (secondary N) is 2. The number of nitrogens with zero attached hydrogens (tertiary/aromatic N) is 2. The molecule has 1 atom stereocenters. The van der Waals surface area contributed by atoms with Crippen molar-refractivity contribution in [3.63, 3.8) is 0 Å². The van der Waals surface area contributed by atoms with E-state index in [1.807, 2.05) is 25.1 Å². The smallest absolute Gasteiger partial charge is 0.213 e. The van der Waals surface area contributed by atoms with Crippen molar-refractivity contribution >= 4 is 5.96 Å². The van der Waals surface area contributed by atoms with Crippen LogP contribution in [0.3, 0.4) is 0 Å². The van der Waals surface area contributed by atoms with E-state index in [9.17, 15) is 0 Å². The molecule has 130 valence electrons. The van der Waals surface area contributed by atoms with Crippen molar-refractivity contribution in [2.75, 3.05) is 27.3 Å². The number of rotatable bonds is 7. The Hall–Kier alpha value is -1.82. The molecule has 1 rings (SSSR count). The number of aliphatic imine (C=N–C) groups is 1. The fourth-order valence-corrected chi connectivity index (χ4v) is 2.09. The lowest BCUT2D eigenvalue weighted by Gasteiger charge is -2.30. The summed E-state index contributed by atoms with van der Waals surface area (Å²) in [5.41, 5.74) is 0.925. The van der Waals surface area contributed by atoms with Crippen LogP contribution in [0.15, 0.2) is 23.2 Å². The van der Waals surface area contributed by atoms with E-state index >= 15 is 0 Å². The van der Waals surface area contributed by atoms with E-state index in [1.165, 1.54) is 0 Å². The van der Waals surface area contributed by atoms with E-state index in [2.05, 4.69) is 41.4 Å². The molecule has 1 unspecified atom stereocenters. The molecule has 0 radical (unpaired) electrons. The maximum absolute atomic E-state index is 5.56. The Kier molecular flexibility index (Phi) is 7.81. The molecule has 0 fully saturated rings. The highest BCUT2D eigenvalue weighted by Gasteiger charge is 2.24. The van der Waals surface area contributed by atoms with Crippen LogP contribution in [0.2, 0.25) is 0 Å². The van der Waals surface area contributed by atoms with Crippen molar-refractivity contribution in [1.82, 2.24) is 15.6 Å². The molecule has 23 heavy (non-hydrogen) atoms. The van der Waals surface area contributed by atoms with E-state index in [0.29, 0.717) is 19.0 Å². The van der Waals surface area contributed by atoms with E-state index in [1.54, 1.807) is 14.2 Å². The van der Waals surface area contributed by atoms with Gasteiger partial charge in [0, 0.05) is 26.3 Å². The Balaban J connectivity index is 2.69. The maximum Gasteiger partial charge on any atom is 0.213 e. The van der Waals surface area contributed by atoms with Gasteiger partial charge in [0.1, 0.15) is 0 Å². The molecule has 0 aliphatic rings. The monoisotopic (exact) mass is 322 g/mol. The molecule has 0 aliphatic carbocycles. The fourth-order valence-electron chi connectivity index (χ4n) is 2.09. The lowest BCUT2D eigenvalue weighted by atomic mass is 9.89. The summed E-state index contributed by atoms with van der Waals surface area (Å²) in [6, 6.07) is 5.67. The number of pyridine rings is 1. The predicted molar refractivity (Wildman–Crippen MR) is 93.9 cm³/mol. The molecule has 1 aromatic heterocycles. The van der Waals surface area contributed by atoms with E-state index < -0.39 is 0 Å². The third-order valence-electron chi connectivity index (χ3n) is 3.44. The highest BCUT2D eigenvalue weighted by Crippen LogP contribution is 2.20. The van der Waals surface area contributed by atoms with Crippen LogP contribution in [-0.4, -0.2) is 44.4 Å². The first-order valence-electron chi connectivity index (χ1n) is 7.95. The third-order valence-corrected chi connectivity index (χ3v) is 3.44. The Morgan fingerprint density at radius 3 is 2.57 bits per heavy atom. The molecule has 0 aromatic carbocycles. The minimum Gasteiger partial charge on any atom is -0.481 e.